The summed E-state index contributed by atoms with van der Waals surface area (Å²) in [6, 6.07) is 7.43. The molecule has 0 spiro atoms. The lowest BCUT2D eigenvalue weighted by Crippen LogP contribution is -2.31. The van der Waals surface area contributed by atoms with Gasteiger partial charge in [-0.1, -0.05) is 12.1 Å². The molecule has 21 heavy (non-hydrogen) atoms. The number of benzene rings is 1. The van der Waals surface area contributed by atoms with E-state index in [2.05, 4.69) is 28.8 Å². The predicted molar refractivity (Wildman–Crippen MR) is 86.8 cm³/mol. The van der Waals surface area contributed by atoms with Crippen molar-refractivity contribution in [2.45, 2.75) is 37.8 Å². The fourth-order valence-corrected chi connectivity index (χ4v) is 2.94. The van der Waals surface area contributed by atoms with Crippen LogP contribution in [0.25, 0.3) is 0 Å². The Kier molecular flexibility index (Phi) is 7.31. The Bertz CT molecular complexity index is 512. The lowest BCUT2D eigenvalue weighted by atomic mass is 10.2. The molecular weight excluding hydrogens is 286 g/mol. The monoisotopic (exact) mass is 313 g/mol. The SMILES string of the molecule is CNCc1ccc(S(=O)(=O)NCCCN(C)C(C)C)cc1. The predicted octanol–water partition coefficient (Wildman–Crippen LogP) is 1.41. The van der Waals surface area contributed by atoms with Gasteiger partial charge >= 0.3 is 0 Å². The van der Waals surface area contributed by atoms with Crippen molar-refractivity contribution in [2.75, 3.05) is 27.2 Å². The van der Waals surface area contributed by atoms with Gasteiger partial charge in [0.1, 0.15) is 0 Å². The first kappa shape index (κ1) is 18.1. The Balaban J connectivity index is 2.49. The number of hydrogen-bond donors (Lipinski definition) is 2. The number of rotatable bonds is 9. The first-order valence-electron chi connectivity index (χ1n) is 7.30. The fourth-order valence-electron chi connectivity index (χ4n) is 1.87. The molecule has 0 unspecified atom stereocenters. The number of hydrogen-bond acceptors (Lipinski definition) is 4. The lowest BCUT2D eigenvalue weighted by molar-refractivity contribution is 0.271. The van der Waals surface area contributed by atoms with Crippen LogP contribution in [-0.4, -0.2) is 46.5 Å². The van der Waals surface area contributed by atoms with E-state index in [9.17, 15) is 8.42 Å². The third-order valence-electron chi connectivity index (χ3n) is 3.48. The molecule has 0 heterocycles. The topological polar surface area (TPSA) is 61.4 Å². The van der Waals surface area contributed by atoms with E-state index < -0.39 is 10.0 Å². The second-order valence-electron chi connectivity index (χ2n) is 5.50. The van der Waals surface area contributed by atoms with Gasteiger partial charge in [0.25, 0.3) is 0 Å². The average molecular weight is 313 g/mol. The third-order valence-corrected chi connectivity index (χ3v) is 4.95. The molecule has 0 aromatic heterocycles. The maximum atomic E-state index is 12.1. The van der Waals surface area contributed by atoms with E-state index in [4.69, 9.17) is 0 Å². The van der Waals surface area contributed by atoms with Crippen LogP contribution in [0.3, 0.4) is 0 Å². The van der Waals surface area contributed by atoms with Crippen molar-refractivity contribution in [3.8, 4) is 0 Å². The highest BCUT2D eigenvalue weighted by Crippen LogP contribution is 2.10. The van der Waals surface area contributed by atoms with Crippen molar-refractivity contribution in [2.24, 2.45) is 0 Å². The largest absolute Gasteiger partial charge is 0.316 e. The van der Waals surface area contributed by atoms with Gasteiger partial charge in [-0.2, -0.15) is 0 Å². The maximum absolute atomic E-state index is 12.1. The molecule has 0 aliphatic rings. The zero-order chi connectivity index (χ0) is 15.9. The minimum Gasteiger partial charge on any atom is -0.316 e. The van der Waals surface area contributed by atoms with E-state index in [-0.39, 0.29) is 0 Å². The molecular formula is C15H27N3O2S. The van der Waals surface area contributed by atoms with Gasteiger partial charge < -0.3 is 10.2 Å². The van der Waals surface area contributed by atoms with Gasteiger partial charge in [0.05, 0.1) is 4.90 Å². The van der Waals surface area contributed by atoms with Crippen molar-refractivity contribution in [3.05, 3.63) is 29.8 Å². The smallest absolute Gasteiger partial charge is 0.240 e. The van der Waals surface area contributed by atoms with Crippen LogP contribution in [0, 0.1) is 0 Å². The molecule has 0 saturated heterocycles. The van der Waals surface area contributed by atoms with Gasteiger partial charge in [-0.15, -0.1) is 0 Å². The summed E-state index contributed by atoms with van der Waals surface area (Å²) in [5.74, 6) is 0. The molecule has 0 radical (unpaired) electrons. The zero-order valence-corrected chi connectivity index (χ0v) is 14.2. The van der Waals surface area contributed by atoms with Crippen molar-refractivity contribution in [1.29, 1.82) is 0 Å². The summed E-state index contributed by atoms with van der Waals surface area (Å²) in [6.45, 7) is 6.31. The minimum absolute atomic E-state index is 0.319. The molecule has 1 rings (SSSR count). The van der Waals surface area contributed by atoms with E-state index in [1.165, 1.54) is 0 Å². The van der Waals surface area contributed by atoms with Crippen LogP contribution in [0.1, 0.15) is 25.8 Å². The van der Waals surface area contributed by atoms with Crippen molar-refractivity contribution < 1.29 is 8.42 Å². The molecule has 5 nitrogen and oxygen atoms in total. The summed E-state index contributed by atoms with van der Waals surface area (Å²) in [5, 5.41) is 3.03. The van der Waals surface area contributed by atoms with E-state index in [1.54, 1.807) is 12.1 Å². The first-order chi connectivity index (χ1) is 9.86. The summed E-state index contributed by atoms with van der Waals surface area (Å²) in [5.41, 5.74) is 1.06. The van der Waals surface area contributed by atoms with E-state index >= 15 is 0 Å². The average Bonchev–Trinajstić information content (AvgIpc) is 2.44. The second kappa shape index (κ2) is 8.48. The van der Waals surface area contributed by atoms with Crippen molar-refractivity contribution >= 4 is 10.0 Å². The summed E-state index contributed by atoms with van der Waals surface area (Å²) in [7, 11) is 0.504. The molecule has 0 aliphatic heterocycles. The molecule has 0 saturated carbocycles. The van der Waals surface area contributed by atoms with Crippen LogP contribution in [0.4, 0.5) is 0 Å². The molecule has 0 bridgehead atoms. The summed E-state index contributed by atoms with van der Waals surface area (Å²) in [4.78, 5) is 2.51. The highest BCUT2D eigenvalue weighted by molar-refractivity contribution is 7.89. The number of sulfonamides is 1. The van der Waals surface area contributed by atoms with Gasteiger partial charge in [0.2, 0.25) is 10.0 Å². The molecule has 0 amide bonds. The third kappa shape index (κ3) is 6.13. The van der Waals surface area contributed by atoms with Crippen LogP contribution < -0.4 is 10.0 Å². The van der Waals surface area contributed by atoms with Crippen LogP contribution in [-0.2, 0) is 16.6 Å². The van der Waals surface area contributed by atoms with Crippen molar-refractivity contribution in [3.63, 3.8) is 0 Å². The molecule has 0 fully saturated rings. The Morgan fingerprint density at radius 3 is 2.33 bits per heavy atom. The highest BCUT2D eigenvalue weighted by atomic mass is 32.2. The molecule has 0 aliphatic carbocycles. The van der Waals surface area contributed by atoms with Crippen molar-refractivity contribution in [1.82, 2.24) is 14.9 Å². The fraction of sp³-hybridized carbons (Fsp3) is 0.600. The van der Waals surface area contributed by atoms with Gasteiger partial charge in [0, 0.05) is 19.1 Å². The highest BCUT2D eigenvalue weighted by Gasteiger charge is 2.13. The summed E-state index contributed by atoms with van der Waals surface area (Å²) < 4.78 is 26.9. The van der Waals surface area contributed by atoms with Crippen LogP contribution in [0.2, 0.25) is 0 Å². The number of nitrogens with zero attached hydrogens (tertiary/aromatic N) is 1. The minimum atomic E-state index is -3.40. The molecule has 0 atom stereocenters. The van der Waals surface area contributed by atoms with Gasteiger partial charge in [-0.25, -0.2) is 13.1 Å². The van der Waals surface area contributed by atoms with E-state index in [0.29, 0.717) is 17.5 Å². The van der Waals surface area contributed by atoms with E-state index in [0.717, 1.165) is 25.1 Å². The van der Waals surface area contributed by atoms with Gasteiger partial charge in [-0.3, -0.25) is 0 Å². The molecule has 1 aromatic carbocycles. The van der Waals surface area contributed by atoms with Gasteiger partial charge in [-0.05, 0) is 58.6 Å². The zero-order valence-electron chi connectivity index (χ0n) is 13.4. The normalized spacial score (nSPS) is 12.3. The Morgan fingerprint density at radius 2 is 1.81 bits per heavy atom. The van der Waals surface area contributed by atoms with Gasteiger partial charge in [0.15, 0.2) is 0 Å². The first-order valence-corrected chi connectivity index (χ1v) is 8.78. The Labute approximate surface area is 128 Å². The molecule has 120 valence electrons. The standard InChI is InChI=1S/C15H27N3O2S/c1-13(2)18(4)11-5-10-17-21(19,20)15-8-6-14(7-9-15)12-16-3/h6-9,13,16-17H,5,10-12H2,1-4H3. The molecule has 2 N–H and O–H groups in total. The second-order valence-corrected chi connectivity index (χ2v) is 7.27. The summed E-state index contributed by atoms with van der Waals surface area (Å²) >= 11 is 0. The maximum Gasteiger partial charge on any atom is 0.240 e. The Hall–Kier alpha value is -0.950. The van der Waals surface area contributed by atoms with Crippen LogP contribution in [0.15, 0.2) is 29.2 Å². The lowest BCUT2D eigenvalue weighted by Gasteiger charge is -2.20. The quantitative estimate of drug-likeness (QED) is 0.677. The van der Waals surface area contributed by atoms with Crippen LogP contribution >= 0.6 is 0 Å². The number of nitrogens with one attached hydrogen (secondary N) is 2. The molecule has 6 heteroatoms. The molecule has 1 aromatic rings. The Morgan fingerprint density at radius 1 is 1.19 bits per heavy atom. The van der Waals surface area contributed by atoms with Crippen LogP contribution in [0.5, 0.6) is 0 Å². The summed E-state index contributed by atoms with van der Waals surface area (Å²) in [6.07, 6.45) is 0.797. The van der Waals surface area contributed by atoms with E-state index in [1.807, 2.05) is 26.2 Å².